The summed E-state index contributed by atoms with van der Waals surface area (Å²) in [6.45, 7) is 2.40. The first-order valence-electron chi connectivity index (χ1n) is 7.07. The number of halogens is 1. The molecular weight excluding hydrogens is 320 g/mol. The summed E-state index contributed by atoms with van der Waals surface area (Å²) in [5.41, 5.74) is 2.74. The standard InChI is InChI=1S/C16H19ClN2O2S/c1-2-22(20,21)19-16-9-7-15(8-10-16)18-12-11-13-3-5-14(17)6-4-13/h3-10,18-19H,2,11-12H2,1H3. The topological polar surface area (TPSA) is 58.2 Å². The van der Waals surface area contributed by atoms with Crippen LogP contribution in [0, 0.1) is 0 Å². The zero-order valence-corrected chi connectivity index (χ0v) is 13.9. The lowest BCUT2D eigenvalue weighted by Gasteiger charge is -2.09. The molecule has 0 amide bonds. The summed E-state index contributed by atoms with van der Waals surface area (Å²) in [5, 5.41) is 4.04. The van der Waals surface area contributed by atoms with E-state index in [1.54, 1.807) is 19.1 Å². The maximum absolute atomic E-state index is 11.5. The van der Waals surface area contributed by atoms with Crippen LogP contribution in [0.3, 0.4) is 0 Å². The average molecular weight is 339 g/mol. The maximum atomic E-state index is 11.5. The van der Waals surface area contributed by atoms with Crippen molar-refractivity contribution >= 4 is 33.0 Å². The number of rotatable bonds is 7. The number of hydrogen-bond donors (Lipinski definition) is 2. The first kappa shape index (κ1) is 16.6. The van der Waals surface area contributed by atoms with E-state index in [9.17, 15) is 8.42 Å². The number of sulfonamides is 1. The monoisotopic (exact) mass is 338 g/mol. The molecule has 0 atom stereocenters. The summed E-state index contributed by atoms with van der Waals surface area (Å²) in [6.07, 6.45) is 0.890. The van der Waals surface area contributed by atoms with Gasteiger partial charge in [0.05, 0.1) is 5.75 Å². The van der Waals surface area contributed by atoms with Crippen molar-refractivity contribution in [2.75, 3.05) is 22.3 Å². The minimum atomic E-state index is -3.22. The predicted octanol–water partition coefficient (Wildman–Crippen LogP) is 3.76. The van der Waals surface area contributed by atoms with Gasteiger partial charge in [0, 0.05) is 22.9 Å². The van der Waals surface area contributed by atoms with Crippen LogP contribution in [-0.2, 0) is 16.4 Å². The normalized spacial score (nSPS) is 11.2. The summed E-state index contributed by atoms with van der Waals surface area (Å²) in [5.74, 6) is 0.0636. The molecule has 118 valence electrons. The largest absolute Gasteiger partial charge is 0.385 e. The molecule has 0 fully saturated rings. The number of hydrogen-bond acceptors (Lipinski definition) is 3. The fourth-order valence-electron chi connectivity index (χ4n) is 1.91. The van der Waals surface area contributed by atoms with Crippen LogP contribution >= 0.6 is 11.6 Å². The molecule has 0 saturated heterocycles. The van der Waals surface area contributed by atoms with Crippen LogP contribution in [0.25, 0.3) is 0 Å². The van der Waals surface area contributed by atoms with Gasteiger partial charge in [0.15, 0.2) is 0 Å². The smallest absolute Gasteiger partial charge is 0.232 e. The summed E-state index contributed by atoms with van der Waals surface area (Å²) < 4.78 is 25.5. The van der Waals surface area contributed by atoms with Crippen LogP contribution < -0.4 is 10.0 Å². The third-order valence-electron chi connectivity index (χ3n) is 3.19. The number of anilines is 2. The van der Waals surface area contributed by atoms with Crippen molar-refractivity contribution in [1.82, 2.24) is 0 Å². The molecule has 0 radical (unpaired) electrons. The Labute approximate surface area is 136 Å². The van der Waals surface area contributed by atoms with Crippen molar-refractivity contribution in [3.8, 4) is 0 Å². The minimum absolute atomic E-state index is 0.0636. The summed E-state index contributed by atoms with van der Waals surface area (Å²) >= 11 is 5.85. The zero-order chi connectivity index (χ0) is 16.0. The van der Waals surface area contributed by atoms with E-state index >= 15 is 0 Å². The van der Waals surface area contributed by atoms with Crippen molar-refractivity contribution in [2.45, 2.75) is 13.3 Å². The molecule has 2 aromatic carbocycles. The van der Waals surface area contributed by atoms with E-state index in [1.807, 2.05) is 36.4 Å². The molecule has 0 bridgehead atoms. The average Bonchev–Trinajstić information content (AvgIpc) is 2.51. The van der Waals surface area contributed by atoms with Crippen molar-refractivity contribution < 1.29 is 8.42 Å². The highest BCUT2D eigenvalue weighted by molar-refractivity contribution is 7.92. The van der Waals surface area contributed by atoms with Crippen molar-refractivity contribution in [2.24, 2.45) is 0 Å². The molecule has 0 saturated carbocycles. The predicted molar refractivity (Wildman–Crippen MR) is 93.2 cm³/mol. The lowest BCUT2D eigenvalue weighted by molar-refractivity contribution is 0.602. The molecule has 0 aliphatic heterocycles. The van der Waals surface area contributed by atoms with Crippen LogP contribution in [0.5, 0.6) is 0 Å². The Hall–Kier alpha value is -1.72. The SMILES string of the molecule is CCS(=O)(=O)Nc1ccc(NCCc2ccc(Cl)cc2)cc1. The van der Waals surface area contributed by atoms with Crippen LogP contribution in [-0.4, -0.2) is 20.7 Å². The van der Waals surface area contributed by atoms with Gasteiger partial charge in [0.25, 0.3) is 0 Å². The highest BCUT2D eigenvalue weighted by Gasteiger charge is 2.06. The van der Waals surface area contributed by atoms with E-state index < -0.39 is 10.0 Å². The van der Waals surface area contributed by atoms with Crippen LogP contribution in [0.1, 0.15) is 12.5 Å². The molecule has 0 aliphatic rings. The lowest BCUT2D eigenvalue weighted by Crippen LogP contribution is -2.14. The zero-order valence-electron chi connectivity index (χ0n) is 12.3. The molecule has 22 heavy (non-hydrogen) atoms. The summed E-state index contributed by atoms with van der Waals surface area (Å²) in [4.78, 5) is 0. The maximum Gasteiger partial charge on any atom is 0.232 e. The van der Waals surface area contributed by atoms with E-state index in [-0.39, 0.29) is 5.75 Å². The molecule has 2 aromatic rings. The quantitative estimate of drug-likeness (QED) is 0.808. The van der Waals surface area contributed by atoms with Crippen molar-refractivity contribution in [3.05, 3.63) is 59.1 Å². The van der Waals surface area contributed by atoms with Gasteiger partial charge in [-0.3, -0.25) is 4.72 Å². The summed E-state index contributed by atoms with van der Waals surface area (Å²) in [6, 6.07) is 15.0. The van der Waals surface area contributed by atoms with Gasteiger partial charge in [-0.15, -0.1) is 0 Å². The highest BCUT2D eigenvalue weighted by atomic mass is 35.5. The Morgan fingerprint density at radius 2 is 1.55 bits per heavy atom. The van der Waals surface area contributed by atoms with E-state index in [1.165, 1.54) is 5.56 Å². The number of nitrogens with one attached hydrogen (secondary N) is 2. The molecular formula is C16H19ClN2O2S. The van der Waals surface area contributed by atoms with Gasteiger partial charge in [0.1, 0.15) is 0 Å². The van der Waals surface area contributed by atoms with Crippen LogP contribution in [0.4, 0.5) is 11.4 Å². The summed E-state index contributed by atoms with van der Waals surface area (Å²) in [7, 11) is -3.22. The van der Waals surface area contributed by atoms with E-state index in [0.717, 1.165) is 23.7 Å². The van der Waals surface area contributed by atoms with Crippen LogP contribution in [0.2, 0.25) is 5.02 Å². The molecule has 0 spiro atoms. The fourth-order valence-corrected chi connectivity index (χ4v) is 2.68. The van der Waals surface area contributed by atoms with Gasteiger partial charge in [-0.25, -0.2) is 8.42 Å². The molecule has 6 heteroatoms. The van der Waals surface area contributed by atoms with E-state index in [4.69, 9.17) is 11.6 Å². The van der Waals surface area contributed by atoms with Crippen molar-refractivity contribution in [1.29, 1.82) is 0 Å². The Bertz CT molecular complexity index is 698. The molecule has 2 rings (SSSR count). The number of benzene rings is 2. The van der Waals surface area contributed by atoms with Gasteiger partial charge in [-0.2, -0.15) is 0 Å². The van der Waals surface area contributed by atoms with Gasteiger partial charge in [0.2, 0.25) is 10.0 Å². The third-order valence-corrected chi connectivity index (χ3v) is 4.75. The van der Waals surface area contributed by atoms with Gasteiger partial charge in [-0.1, -0.05) is 23.7 Å². The molecule has 0 aromatic heterocycles. The molecule has 4 nitrogen and oxygen atoms in total. The Morgan fingerprint density at radius 1 is 0.955 bits per heavy atom. The minimum Gasteiger partial charge on any atom is -0.385 e. The Morgan fingerprint density at radius 3 is 2.14 bits per heavy atom. The van der Waals surface area contributed by atoms with Crippen molar-refractivity contribution in [3.63, 3.8) is 0 Å². The van der Waals surface area contributed by atoms with Gasteiger partial charge in [-0.05, 0) is 55.3 Å². The Balaban J connectivity index is 1.85. The van der Waals surface area contributed by atoms with Gasteiger partial charge < -0.3 is 5.32 Å². The highest BCUT2D eigenvalue weighted by Crippen LogP contribution is 2.15. The second kappa shape index (κ2) is 7.51. The molecule has 0 heterocycles. The first-order chi connectivity index (χ1) is 10.5. The molecule has 2 N–H and O–H groups in total. The third kappa shape index (κ3) is 5.24. The first-order valence-corrected chi connectivity index (χ1v) is 9.10. The second-order valence-corrected chi connectivity index (χ2v) is 7.33. The molecule has 0 aliphatic carbocycles. The molecule has 0 unspecified atom stereocenters. The van der Waals surface area contributed by atoms with E-state index in [0.29, 0.717) is 5.69 Å². The van der Waals surface area contributed by atoms with E-state index in [2.05, 4.69) is 10.0 Å². The Kier molecular flexibility index (Phi) is 5.69. The van der Waals surface area contributed by atoms with Gasteiger partial charge >= 0.3 is 0 Å². The fraction of sp³-hybridized carbons (Fsp3) is 0.250. The van der Waals surface area contributed by atoms with Crippen LogP contribution in [0.15, 0.2) is 48.5 Å². The second-order valence-electron chi connectivity index (χ2n) is 4.89. The lowest BCUT2D eigenvalue weighted by atomic mass is 10.1.